The maximum atomic E-state index is 8.69. The first-order valence-electron chi connectivity index (χ1n) is 4.97. The van der Waals surface area contributed by atoms with E-state index in [4.69, 9.17) is 5.26 Å². The Morgan fingerprint density at radius 3 is 1.64 bits per heavy atom. The molecule has 0 aromatic rings. The smallest absolute Gasteiger partial charge is 0.138 e. The first-order valence-corrected chi connectivity index (χ1v) is 11.9. The van der Waals surface area contributed by atoms with E-state index < -0.39 is 16.5 Å². The molecule has 0 aliphatic rings. The van der Waals surface area contributed by atoms with E-state index in [-0.39, 0.29) is 0 Å². The molecule has 0 aliphatic heterocycles. The van der Waals surface area contributed by atoms with Gasteiger partial charge in [-0.15, -0.1) is 0 Å². The summed E-state index contributed by atoms with van der Waals surface area (Å²) in [6, 6.07) is 2.13. The van der Waals surface area contributed by atoms with Gasteiger partial charge >= 0.3 is 0 Å². The van der Waals surface area contributed by atoms with Gasteiger partial charge in [-0.1, -0.05) is 39.3 Å². The van der Waals surface area contributed by atoms with Crippen LogP contribution in [0.5, 0.6) is 0 Å². The second-order valence-corrected chi connectivity index (χ2v) is 15.6. The third-order valence-electron chi connectivity index (χ3n) is 1.97. The molecule has 0 aromatic carbocycles. The molecule has 0 atom stereocenters. The van der Waals surface area contributed by atoms with Crippen molar-refractivity contribution in [1.82, 2.24) is 4.23 Å². The van der Waals surface area contributed by atoms with Crippen molar-refractivity contribution in [1.29, 1.82) is 5.26 Å². The summed E-state index contributed by atoms with van der Waals surface area (Å²) in [6.07, 6.45) is 1.68. The third kappa shape index (κ3) is 3.68. The van der Waals surface area contributed by atoms with Crippen molar-refractivity contribution in [3.05, 3.63) is 11.8 Å². The van der Waals surface area contributed by atoms with Crippen LogP contribution in [0.25, 0.3) is 0 Å². The maximum Gasteiger partial charge on any atom is 0.138 e. The topological polar surface area (TPSA) is 27.0 Å². The van der Waals surface area contributed by atoms with Crippen LogP contribution >= 0.6 is 0 Å². The molecule has 0 amide bonds. The van der Waals surface area contributed by atoms with E-state index in [1.807, 2.05) is 0 Å². The Morgan fingerprint density at radius 1 is 1.07 bits per heavy atom. The van der Waals surface area contributed by atoms with Crippen LogP contribution in [0.1, 0.15) is 6.92 Å². The molecular weight excluding hydrogens is 204 g/mol. The molecule has 0 radical (unpaired) electrons. The van der Waals surface area contributed by atoms with Crippen LogP contribution in [0.15, 0.2) is 11.8 Å². The second-order valence-electron chi connectivity index (χ2n) is 5.59. The number of hydrogen-bond acceptors (Lipinski definition) is 2. The van der Waals surface area contributed by atoms with Crippen molar-refractivity contribution in [3.63, 3.8) is 0 Å². The van der Waals surface area contributed by atoms with Crippen LogP contribution in [0.4, 0.5) is 0 Å². The van der Waals surface area contributed by atoms with Gasteiger partial charge in [0.05, 0.1) is 6.07 Å². The highest BCUT2D eigenvalue weighted by atomic mass is 28.4. The van der Waals surface area contributed by atoms with Crippen LogP contribution in [0.3, 0.4) is 0 Å². The van der Waals surface area contributed by atoms with Crippen molar-refractivity contribution in [3.8, 4) is 6.07 Å². The molecule has 0 aliphatic carbocycles. The fourth-order valence-electron chi connectivity index (χ4n) is 2.22. The first kappa shape index (κ1) is 13.5. The molecule has 0 heterocycles. The van der Waals surface area contributed by atoms with Gasteiger partial charge in [0.1, 0.15) is 16.5 Å². The van der Waals surface area contributed by atoms with Gasteiger partial charge in [-0.3, -0.25) is 0 Å². The molecule has 14 heavy (non-hydrogen) atoms. The SMILES string of the molecule is CC(=CC#N)N([Si](C)(C)C)[Si](C)(C)C. The van der Waals surface area contributed by atoms with E-state index in [0.717, 1.165) is 5.70 Å². The van der Waals surface area contributed by atoms with E-state index in [2.05, 4.69) is 56.5 Å². The molecule has 80 valence electrons. The summed E-state index contributed by atoms with van der Waals surface area (Å²) in [5.74, 6) is 0. The Labute approximate surface area is 90.4 Å². The summed E-state index contributed by atoms with van der Waals surface area (Å²) in [4.78, 5) is 0. The zero-order valence-electron chi connectivity index (χ0n) is 10.5. The molecule has 0 bridgehead atoms. The average molecular weight is 226 g/mol. The van der Waals surface area contributed by atoms with E-state index in [9.17, 15) is 0 Å². The Morgan fingerprint density at radius 2 is 1.43 bits per heavy atom. The van der Waals surface area contributed by atoms with Crippen molar-refractivity contribution in [2.24, 2.45) is 0 Å². The summed E-state index contributed by atoms with van der Waals surface area (Å²) >= 11 is 0. The van der Waals surface area contributed by atoms with Crippen LogP contribution in [-0.4, -0.2) is 20.7 Å². The van der Waals surface area contributed by atoms with Crippen molar-refractivity contribution in [2.45, 2.75) is 46.2 Å². The van der Waals surface area contributed by atoms with Crippen LogP contribution in [-0.2, 0) is 0 Å². The van der Waals surface area contributed by atoms with Crippen molar-refractivity contribution in [2.75, 3.05) is 0 Å². The highest BCUT2D eigenvalue weighted by Crippen LogP contribution is 2.24. The molecule has 0 unspecified atom stereocenters. The molecule has 4 heteroatoms. The zero-order chi connectivity index (χ0) is 11.6. The molecule has 0 spiro atoms. The highest BCUT2D eigenvalue weighted by molar-refractivity contribution is 6.90. The molecule has 0 saturated carbocycles. The number of nitrogens with zero attached hydrogens (tertiary/aromatic N) is 2. The predicted octanol–water partition coefficient (Wildman–Crippen LogP) is 3.39. The monoisotopic (exact) mass is 226 g/mol. The Hall–Kier alpha value is -0.536. The molecule has 0 N–H and O–H groups in total. The molecule has 0 fully saturated rings. The summed E-state index contributed by atoms with van der Waals surface area (Å²) in [5.41, 5.74) is 1.14. The summed E-state index contributed by atoms with van der Waals surface area (Å²) in [6.45, 7) is 16.1. The summed E-state index contributed by atoms with van der Waals surface area (Å²) in [7, 11) is -2.69. The lowest BCUT2D eigenvalue weighted by atomic mass is 10.5. The number of nitriles is 1. The number of rotatable bonds is 3. The standard InChI is InChI=1S/C10H22N2Si2/c1-10(8-9-11)12(13(2,3)4)14(5,6)7/h8H,1-7H3. The lowest BCUT2D eigenvalue weighted by Gasteiger charge is -2.46. The Kier molecular flexibility index (Phi) is 4.16. The lowest BCUT2D eigenvalue weighted by molar-refractivity contribution is 0.756. The fraction of sp³-hybridized carbons (Fsp3) is 0.700. The number of hydrogen-bond donors (Lipinski definition) is 0. The molecule has 0 aromatic heterocycles. The van der Waals surface area contributed by atoms with Gasteiger partial charge in [0.2, 0.25) is 0 Å². The Balaban J connectivity index is 5.17. The quantitative estimate of drug-likeness (QED) is 0.545. The zero-order valence-corrected chi connectivity index (χ0v) is 12.5. The fourth-order valence-corrected chi connectivity index (χ4v) is 12.5. The molecular formula is C10H22N2Si2. The van der Waals surface area contributed by atoms with Gasteiger partial charge in [0.25, 0.3) is 0 Å². The van der Waals surface area contributed by atoms with E-state index in [0.29, 0.717) is 0 Å². The first-order chi connectivity index (χ1) is 6.10. The molecule has 2 nitrogen and oxygen atoms in total. The van der Waals surface area contributed by atoms with Gasteiger partial charge in [-0.2, -0.15) is 5.26 Å². The second kappa shape index (κ2) is 4.32. The van der Waals surface area contributed by atoms with Crippen LogP contribution in [0.2, 0.25) is 39.3 Å². The predicted molar refractivity (Wildman–Crippen MR) is 67.9 cm³/mol. The van der Waals surface area contributed by atoms with E-state index >= 15 is 0 Å². The van der Waals surface area contributed by atoms with Crippen LogP contribution < -0.4 is 0 Å². The minimum atomic E-state index is -1.35. The van der Waals surface area contributed by atoms with Crippen molar-refractivity contribution < 1.29 is 0 Å². The largest absolute Gasteiger partial charge is 0.428 e. The summed E-state index contributed by atoms with van der Waals surface area (Å²) < 4.78 is 2.54. The summed E-state index contributed by atoms with van der Waals surface area (Å²) in [5, 5.41) is 8.69. The number of allylic oxidation sites excluding steroid dienone is 2. The average Bonchev–Trinajstić information content (AvgIpc) is 1.78. The van der Waals surface area contributed by atoms with Gasteiger partial charge in [0.15, 0.2) is 0 Å². The van der Waals surface area contributed by atoms with Gasteiger partial charge in [-0.25, -0.2) is 0 Å². The van der Waals surface area contributed by atoms with Crippen molar-refractivity contribution >= 4 is 16.5 Å². The molecule has 0 saturated heterocycles. The van der Waals surface area contributed by atoms with E-state index in [1.54, 1.807) is 6.08 Å². The van der Waals surface area contributed by atoms with Gasteiger partial charge in [0, 0.05) is 11.8 Å². The maximum absolute atomic E-state index is 8.69. The molecule has 0 rings (SSSR count). The Bertz CT molecular complexity index is 249. The highest BCUT2D eigenvalue weighted by Gasteiger charge is 2.34. The van der Waals surface area contributed by atoms with Gasteiger partial charge < -0.3 is 4.23 Å². The minimum absolute atomic E-state index is 1.14. The van der Waals surface area contributed by atoms with E-state index in [1.165, 1.54) is 0 Å². The lowest BCUT2D eigenvalue weighted by Crippen LogP contribution is -2.57. The van der Waals surface area contributed by atoms with Crippen LogP contribution in [0, 0.1) is 11.3 Å². The van der Waals surface area contributed by atoms with Gasteiger partial charge in [-0.05, 0) is 6.92 Å². The third-order valence-corrected chi connectivity index (χ3v) is 9.38. The normalized spacial score (nSPS) is 13.7. The minimum Gasteiger partial charge on any atom is -0.428 e.